The van der Waals surface area contributed by atoms with Crippen LogP contribution in [0.15, 0.2) is 6.33 Å². The van der Waals surface area contributed by atoms with Gasteiger partial charge in [-0.05, 0) is 39.5 Å². The van der Waals surface area contributed by atoms with Crippen LogP contribution in [0.5, 0.6) is 0 Å². The largest absolute Gasteiger partial charge is 0.354 e. The molecule has 1 fully saturated rings. The number of anilines is 1. The summed E-state index contributed by atoms with van der Waals surface area (Å²) in [5.74, 6) is 0.505. The Morgan fingerprint density at radius 2 is 2.07 bits per heavy atom. The molecule has 9 heteroatoms. The van der Waals surface area contributed by atoms with E-state index in [-0.39, 0.29) is 29.6 Å². The van der Waals surface area contributed by atoms with Crippen LogP contribution in [0.1, 0.15) is 58.4 Å². The lowest BCUT2D eigenvalue weighted by Gasteiger charge is -2.24. The van der Waals surface area contributed by atoms with Gasteiger partial charge >= 0.3 is 0 Å². The molecule has 2 atom stereocenters. The maximum atomic E-state index is 12.9. The molecule has 0 spiro atoms. The molecule has 1 saturated heterocycles. The fourth-order valence-electron chi connectivity index (χ4n) is 4.21. The van der Waals surface area contributed by atoms with Gasteiger partial charge in [0.2, 0.25) is 11.7 Å². The summed E-state index contributed by atoms with van der Waals surface area (Å²) < 4.78 is 0. The number of aromatic amines is 1. The van der Waals surface area contributed by atoms with E-state index >= 15 is 0 Å². The van der Waals surface area contributed by atoms with Crippen LogP contribution in [0.3, 0.4) is 0 Å². The fourth-order valence-corrected chi connectivity index (χ4v) is 4.21. The van der Waals surface area contributed by atoms with Gasteiger partial charge in [-0.1, -0.05) is 0 Å². The SMILES string of the molecule is CNC(=O)c1nc(C)c(C)c(N2CC[C@@H](NC(=O)[C@H]3CCCc4[nH]cnc43)C2)n1. The number of nitrogens with zero attached hydrogens (tertiary/aromatic N) is 4. The van der Waals surface area contributed by atoms with Crippen LogP contribution in [-0.2, 0) is 11.2 Å². The zero-order valence-corrected chi connectivity index (χ0v) is 17.1. The number of nitrogens with one attached hydrogen (secondary N) is 3. The van der Waals surface area contributed by atoms with E-state index in [9.17, 15) is 9.59 Å². The number of aryl methyl sites for hydroxylation is 2. The lowest BCUT2D eigenvalue weighted by atomic mass is 9.89. The molecule has 0 radical (unpaired) electrons. The highest BCUT2D eigenvalue weighted by Gasteiger charge is 2.32. The molecule has 29 heavy (non-hydrogen) atoms. The molecular weight excluding hydrogens is 370 g/mol. The lowest BCUT2D eigenvalue weighted by Crippen LogP contribution is -2.41. The number of hydrogen-bond acceptors (Lipinski definition) is 6. The highest BCUT2D eigenvalue weighted by Crippen LogP contribution is 2.30. The minimum absolute atomic E-state index is 0.0462. The predicted molar refractivity (Wildman–Crippen MR) is 108 cm³/mol. The average Bonchev–Trinajstić information content (AvgIpc) is 3.38. The molecular formula is C20H27N7O2. The van der Waals surface area contributed by atoms with Crippen molar-refractivity contribution in [2.24, 2.45) is 0 Å². The minimum Gasteiger partial charge on any atom is -0.354 e. The highest BCUT2D eigenvalue weighted by molar-refractivity contribution is 5.90. The molecule has 1 aliphatic carbocycles. The van der Waals surface area contributed by atoms with E-state index in [1.165, 1.54) is 0 Å². The molecule has 2 aromatic rings. The Kier molecular flexibility index (Phi) is 5.21. The molecule has 1 aliphatic heterocycles. The Morgan fingerprint density at radius 3 is 2.86 bits per heavy atom. The van der Waals surface area contributed by atoms with Gasteiger partial charge in [0.25, 0.3) is 5.91 Å². The second-order valence-electron chi connectivity index (χ2n) is 7.81. The third-order valence-electron chi connectivity index (χ3n) is 5.95. The van der Waals surface area contributed by atoms with Crippen molar-refractivity contribution in [3.63, 3.8) is 0 Å². The monoisotopic (exact) mass is 397 g/mol. The molecule has 4 rings (SSSR count). The van der Waals surface area contributed by atoms with Crippen molar-refractivity contribution < 1.29 is 9.59 Å². The lowest BCUT2D eigenvalue weighted by molar-refractivity contribution is -0.123. The Labute approximate surface area is 169 Å². The molecule has 3 heterocycles. The van der Waals surface area contributed by atoms with E-state index in [2.05, 4.69) is 35.5 Å². The number of fused-ring (bicyclic) bond motifs is 1. The van der Waals surface area contributed by atoms with E-state index in [1.807, 2.05) is 13.8 Å². The van der Waals surface area contributed by atoms with Gasteiger partial charge in [-0.2, -0.15) is 0 Å². The normalized spacial score (nSPS) is 21.0. The van der Waals surface area contributed by atoms with Crippen LogP contribution < -0.4 is 15.5 Å². The molecule has 0 saturated carbocycles. The topological polar surface area (TPSA) is 116 Å². The van der Waals surface area contributed by atoms with Crippen LogP contribution in [0.4, 0.5) is 5.82 Å². The van der Waals surface area contributed by atoms with Crippen molar-refractivity contribution in [1.29, 1.82) is 0 Å². The summed E-state index contributed by atoms with van der Waals surface area (Å²) >= 11 is 0. The van der Waals surface area contributed by atoms with Crippen LogP contribution in [-0.4, -0.2) is 57.9 Å². The van der Waals surface area contributed by atoms with Gasteiger partial charge in [-0.15, -0.1) is 0 Å². The first-order valence-corrected chi connectivity index (χ1v) is 10.1. The third-order valence-corrected chi connectivity index (χ3v) is 5.95. The van der Waals surface area contributed by atoms with Crippen molar-refractivity contribution in [1.82, 2.24) is 30.6 Å². The number of carbonyl (C=O) groups is 2. The zero-order chi connectivity index (χ0) is 20.5. The molecule has 3 N–H and O–H groups in total. The van der Waals surface area contributed by atoms with Gasteiger partial charge in [0.15, 0.2) is 0 Å². The van der Waals surface area contributed by atoms with Crippen LogP contribution >= 0.6 is 0 Å². The third kappa shape index (κ3) is 3.68. The quantitative estimate of drug-likeness (QED) is 0.709. The number of aromatic nitrogens is 4. The van der Waals surface area contributed by atoms with Crippen LogP contribution in [0.2, 0.25) is 0 Å². The maximum Gasteiger partial charge on any atom is 0.288 e. The average molecular weight is 397 g/mol. The van der Waals surface area contributed by atoms with Crippen LogP contribution in [0, 0.1) is 13.8 Å². The Hall–Kier alpha value is -2.97. The van der Waals surface area contributed by atoms with Crippen molar-refractivity contribution in [2.75, 3.05) is 25.0 Å². The summed E-state index contributed by atoms with van der Waals surface area (Å²) in [6, 6.07) is 0.0462. The molecule has 0 aromatic carbocycles. The predicted octanol–water partition coefficient (Wildman–Crippen LogP) is 0.991. The van der Waals surface area contributed by atoms with Gasteiger partial charge < -0.3 is 20.5 Å². The number of hydrogen-bond donors (Lipinski definition) is 3. The van der Waals surface area contributed by atoms with Crippen molar-refractivity contribution in [3.8, 4) is 0 Å². The van der Waals surface area contributed by atoms with Gasteiger partial charge in [0.1, 0.15) is 5.82 Å². The molecule has 2 amide bonds. The summed E-state index contributed by atoms with van der Waals surface area (Å²) in [5.41, 5.74) is 3.71. The van der Waals surface area contributed by atoms with Crippen molar-refractivity contribution in [3.05, 3.63) is 34.8 Å². The molecule has 9 nitrogen and oxygen atoms in total. The number of H-pyrrole nitrogens is 1. The van der Waals surface area contributed by atoms with Gasteiger partial charge in [-0.3, -0.25) is 9.59 Å². The first kappa shape index (κ1) is 19.4. The summed E-state index contributed by atoms with van der Waals surface area (Å²) in [5, 5.41) is 5.78. The number of imidazole rings is 1. The fraction of sp³-hybridized carbons (Fsp3) is 0.550. The van der Waals surface area contributed by atoms with Gasteiger partial charge in [0, 0.05) is 43.1 Å². The standard InChI is InChI=1S/C20H27N7O2/c1-11-12(2)24-17(20(29)21-3)26-18(11)27-8-7-13(9-27)25-19(28)14-5-4-6-15-16(14)23-10-22-15/h10,13-14H,4-9H2,1-3H3,(H,21,29)(H,22,23)(H,25,28)/t13-,14+/m1/s1. The van der Waals surface area contributed by atoms with Gasteiger partial charge in [0.05, 0.1) is 17.9 Å². The summed E-state index contributed by atoms with van der Waals surface area (Å²) in [6.45, 7) is 5.28. The van der Waals surface area contributed by atoms with E-state index in [1.54, 1.807) is 13.4 Å². The van der Waals surface area contributed by atoms with Gasteiger partial charge in [-0.25, -0.2) is 15.0 Å². The van der Waals surface area contributed by atoms with Crippen LogP contribution in [0.25, 0.3) is 0 Å². The Balaban J connectivity index is 1.46. The zero-order valence-electron chi connectivity index (χ0n) is 17.1. The highest BCUT2D eigenvalue weighted by atomic mass is 16.2. The summed E-state index contributed by atoms with van der Waals surface area (Å²) in [6.07, 6.45) is 5.30. The minimum atomic E-state index is -0.300. The second kappa shape index (κ2) is 7.81. The van der Waals surface area contributed by atoms with E-state index < -0.39 is 0 Å². The number of amides is 2. The second-order valence-corrected chi connectivity index (χ2v) is 7.81. The number of carbonyl (C=O) groups excluding carboxylic acids is 2. The van der Waals surface area contributed by atoms with E-state index in [4.69, 9.17) is 0 Å². The molecule has 2 aliphatic rings. The molecule has 2 aromatic heterocycles. The van der Waals surface area contributed by atoms with E-state index in [0.717, 1.165) is 60.7 Å². The smallest absolute Gasteiger partial charge is 0.288 e. The van der Waals surface area contributed by atoms with Crippen molar-refractivity contribution >= 4 is 17.6 Å². The Bertz CT molecular complexity index is 939. The summed E-state index contributed by atoms with van der Waals surface area (Å²) in [4.78, 5) is 43.3. The Morgan fingerprint density at radius 1 is 1.24 bits per heavy atom. The maximum absolute atomic E-state index is 12.9. The number of rotatable bonds is 4. The van der Waals surface area contributed by atoms with Crippen molar-refractivity contribution in [2.45, 2.75) is 51.5 Å². The first-order valence-electron chi connectivity index (χ1n) is 10.1. The molecule has 0 unspecified atom stereocenters. The molecule has 0 bridgehead atoms. The first-order chi connectivity index (χ1) is 14.0. The summed E-state index contributed by atoms with van der Waals surface area (Å²) in [7, 11) is 1.57. The molecule has 154 valence electrons. The van der Waals surface area contributed by atoms with E-state index in [0.29, 0.717) is 6.54 Å².